The summed E-state index contributed by atoms with van der Waals surface area (Å²) in [7, 11) is 1.78. The van der Waals surface area contributed by atoms with E-state index in [-0.39, 0.29) is 22.4 Å². The summed E-state index contributed by atoms with van der Waals surface area (Å²) in [5.41, 5.74) is 5.91. The molecule has 0 bridgehead atoms. The van der Waals surface area contributed by atoms with E-state index in [0.29, 0.717) is 12.2 Å². The first-order valence-corrected chi connectivity index (χ1v) is 5.88. The molecule has 1 aromatic rings. The summed E-state index contributed by atoms with van der Waals surface area (Å²) in [5, 5.41) is 5.86. The van der Waals surface area contributed by atoms with Crippen LogP contribution in [0.4, 0.5) is 5.69 Å². The highest BCUT2D eigenvalue weighted by Crippen LogP contribution is 2.20. The molecule has 0 spiro atoms. The number of carbonyl (C=O) groups excluding carboxylic acids is 2. The molecule has 1 aromatic carbocycles. The van der Waals surface area contributed by atoms with Crippen LogP contribution in [0, 0.1) is 5.92 Å². The lowest BCUT2D eigenvalue weighted by Crippen LogP contribution is -2.28. The molecule has 0 aliphatic heterocycles. The fraction of sp³-hybridized carbons (Fsp3) is 0.333. The van der Waals surface area contributed by atoms with Crippen molar-refractivity contribution in [2.24, 2.45) is 11.7 Å². The smallest absolute Gasteiger partial charge is 0.250 e. The van der Waals surface area contributed by atoms with Gasteiger partial charge in [0.15, 0.2) is 0 Å². The zero-order chi connectivity index (χ0) is 13.7. The van der Waals surface area contributed by atoms with Crippen LogP contribution in [-0.4, -0.2) is 25.4 Å². The molecule has 1 atom stereocenters. The fourth-order valence-corrected chi connectivity index (χ4v) is 1.73. The SMILES string of the molecule is CNCC(C)C(=O)Nc1ccc(C(N)=O)c(Cl)c1. The topological polar surface area (TPSA) is 84.2 Å². The minimum absolute atomic E-state index is 0.118. The zero-order valence-electron chi connectivity index (χ0n) is 10.3. The molecule has 1 rings (SSSR count). The van der Waals surface area contributed by atoms with Crippen LogP contribution >= 0.6 is 11.6 Å². The van der Waals surface area contributed by atoms with Gasteiger partial charge < -0.3 is 16.4 Å². The van der Waals surface area contributed by atoms with Gasteiger partial charge in [0.2, 0.25) is 11.8 Å². The Labute approximate surface area is 111 Å². The Bertz CT molecular complexity index is 463. The second-order valence-corrected chi connectivity index (χ2v) is 4.41. The summed E-state index contributed by atoms with van der Waals surface area (Å²) < 4.78 is 0. The molecule has 18 heavy (non-hydrogen) atoms. The minimum atomic E-state index is -0.596. The van der Waals surface area contributed by atoms with Gasteiger partial charge in [-0.1, -0.05) is 18.5 Å². The average Bonchev–Trinajstić information content (AvgIpc) is 2.28. The molecule has 0 fully saturated rings. The lowest BCUT2D eigenvalue weighted by atomic mass is 10.1. The molecule has 4 N–H and O–H groups in total. The van der Waals surface area contributed by atoms with Crippen molar-refractivity contribution in [2.75, 3.05) is 18.9 Å². The lowest BCUT2D eigenvalue weighted by Gasteiger charge is -2.12. The third-order valence-corrected chi connectivity index (χ3v) is 2.77. The molecule has 0 radical (unpaired) electrons. The summed E-state index contributed by atoms with van der Waals surface area (Å²) >= 11 is 5.88. The Balaban J connectivity index is 2.77. The largest absolute Gasteiger partial charge is 0.366 e. The van der Waals surface area contributed by atoms with E-state index in [9.17, 15) is 9.59 Å². The first-order valence-electron chi connectivity index (χ1n) is 5.50. The maximum atomic E-state index is 11.7. The number of benzene rings is 1. The molecule has 6 heteroatoms. The van der Waals surface area contributed by atoms with Crippen molar-refractivity contribution in [3.05, 3.63) is 28.8 Å². The molecule has 5 nitrogen and oxygen atoms in total. The summed E-state index contributed by atoms with van der Waals surface area (Å²) in [4.78, 5) is 22.7. The van der Waals surface area contributed by atoms with Crippen LogP contribution < -0.4 is 16.4 Å². The van der Waals surface area contributed by atoms with E-state index in [1.165, 1.54) is 12.1 Å². The molecule has 98 valence electrons. The maximum absolute atomic E-state index is 11.7. The van der Waals surface area contributed by atoms with Gasteiger partial charge in [-0.3, -0.25) is 9.59 Å². The normalized spacial score (nSPS) is 11.9. The van der Waals surface area contributed by atoms with Crippen molar-refractivity contribution in [1.82, 2.24) is 5.32 Å². The van der Waals surface area contributed by atoms with Crippen LogP contribution in [0.3, 0.4) is 0 Å². The highest BCUT2D eigenvalue weighted by atomic mass is 35.5. The summed E-state index contributed by atoms with van der Waals surface area (Å²) in [6.07, 6.45) is 0. The monoisotopic (exact) mass is 269 g/mol. The van der Waals surface area contributed by atoms with Crippen molar-refractivity contribution < 1.29 is 9.59 Å². The van der Waals surface area contributed by atoms with E-state index >= 15 is 0 Å². The second-order valence-electron chi connectivity index (χ2n) is 4.01. The van der Waals surface area contributed by atoms with Crippen LogP contribution in [-0.2, 0) is 4.79 Å². The van der Waals surface area contributed by atoms with Crippen LogP contribution in [0.5, 0.6) is 0 Å². The minimum Gasteiger partial charge on any atom is -0.366 e. The third kappa shape index (κ3) is 3.72. The Morgan fingerprint density at radius 1 is 1.44 bits per heavy atom. The van der Waals surface area contributed by atoms with E-state index in [1.54, 1.807) is 13.1 Å². The summed E-state index contributed by atoms with van der Waals surface area (Å²) in [6, 6.07) is 4.59. The number of halogens is 1. The average molecular weight is 270 g/mol. The number of rotatable bonds is 5. The van der Waals surface area contributed by atoms with Crippen LogP contribution in [0.1, 0.15) is 17.3 Å². The van der Waals surface area contributed by atoms with E-state index in [0.717, 1.165) is 0 Å². The Morgan fingerprint density at radius 3 is 2.61 bits per heavy atom. The number of amides is 2. The summed E-state index contributed by atoms with van der Waals surface area (Å²) in [5.74, 6) is -0.877. The number of carbonyl (C=O) groups is 2. The number of nitrogens with one attached hydrogen (secondary N) is 2. The van der Waals surface area contributed by atoms with Crippen molar-refractivity contribution in [1.29, 1.82) is 0 Å². The molecule has 0 aliphatic rings. The zero-order valence-corrected chi connectivity index (χ0v) is 11.0. The van der Waals surface area contributed by atoms with Crippen molar-refractivity contribution in [3.63, 3.8) is 0 Å². The fourth-order valence-electron chi connectivity index (χ4n) is 1.46. The Hall–Kier alpha value is -1.59. The molecule has 0 saturated heterocycles. The van der Waals surface area contributed by atoms with Gasteiger partial charge in [0.25, 0.3) is 0 Å². The number of anilines is 1. The highest BCUT2D eigenvalue weighted by molar-refractivity contribution is 6.34. The van der Waals surface area contributed by atoms with Gasteiger partial charge in [-0.05, 0) is 25.2 Å². The Morgan fingerprint density at radius 2 is 2.11 bits per heavy atom. The molecule has 0 saturated carbocycles. The molecule has 0 aromatic heterocycles. The standard InChI is InChI=1S/C12H16ClN3O2/c1-7(6-15-2)12(18)16-8-3-4-9(11(14)17)10(13)5-8/h3-5,7,15H,6H2,1-2H3,(H2,14,17)(H,16,18). The quantitative estimate of drug-likeness (QED) is 0.752. The lowest BCUT2D eigenvalue weighted by molar-refractivity contribution is -0.119. The van der Waals surface area contributed by atoms with Gasteiger partial charge in [0.1, 0.15) is 0 Å². The third-order valence-electron chi connectivity index (χ3n) is 2.46. The van der Waals surface area contributed by atoms with Crippen molar-refractivity contribution in [2.45, 2.75) is 6.92 Å². The number of nitrogens with two attached hydrogens (primary N) is 1. The van der Waals surface area contributed by atoms with E-state index in [2.05, 4.69) is 10.6 Å². The van der Waals surface area contributed by atoms with Crippen molar-refractivity contribution >= 4 is 29.1 Å². The van der Waals surface area contributed by atoms with E-state index in [1.807, 2.05) is 6.92 Å². The van der Waals surface area contributed by atoms with Gasteiger partial charge >= 0.3 is 0 Å². The molecule has 1 unspecified atom stereocenters. The van der Waals surface area contributed by atoms with Gasteiger partial charge in [-0.15, -0.1) is 0 Å². The number of primary amides is 1. The maximum Gasteiger partial charge on any atom is 0.250 e. The van der Waals surface area contributed by atoms with E-state index < -0.39 is 5.91 Å². The first kappa shape index (κ1) is 14.5. The van der Waals surface area contributed by atoms with E-state index in [4.69, 9.17) is 17.3 Å². The van der Waals surface area contributed by atoms with Gasteiger partial charge in [-0.25, -0.2) is 0 Å². The molecular weight excluding hydrogens is 254 g/mol. The Kier molecular flexibility index (Phi) is 5.12. The van der Waals surface area contributed by atoms with Crippen LogP contribution in [0.25, 0.3) is 0 Å². The highest BCUT2D eigenvalue weighted by Gasteiger charge is 2.13. The molecule has 2 amide bonds. The predicted octanol–water partition coefficient (Wildman–Crippen LogP) is 1.23. The number of hydrogen-bond acceptors (Lipinski definition) is 3. The van der Waals surface area contributed by atoms with Gasteiger partial charge in [0, 0.05) is 18.2 Å². The van der Waals surface area contributed by atoms with Crippen LogP contribution in [0.2, 0.25) is 5.02 Å². The van der Waals surface area contributed by atoms with Gasteiger partial charge in [0.05, 0.1) is 10.6 Å². The first-order chi connectivity index (χ1) is 8.45. The molecule has 0 aliphatic carbocycles. The second kappa shape index (κ2) is 6.37. The summed E-state index contributed by atoms with van der Waals surface area (Å²) in [6.45, 7) is 2.39. The predicted molar refractivity (Wildman–Crippen MR) is 71.7 cm³/mol. The number of hydrogen-bond donors (Lipinski definition) is 3. The molecular formula is C12H16ClN3O2. The molecule has 0 heterocycles. The van der Waals surface area contributed by atoms with Crippen LogP contribution in [0.15, 0.2) is 18.2 Å². The van der Waals surface area contributed by atoms with Crippen molar-refractivity contribution in [3.8, 4) is 0 Å². The van der Waals surface area contributed by atoms with Gasteiger partial charge in [-0.2, -0.15) is 0 Å².